The second-order valence-corrected chi connectivity index (χ2v) is 5.07. The topological polar surface area (TPSA) is 23.5 Å². The predicted octanol–water partition coefficient (Wildman–Crippen LogP) is 2.02. The Labute approximate surface area is 87.3 Å². The number of aliphatic hydroxyl groups excluding tert-OH is 1. The third kappa shape index (κ3) is 2.29. The lowest BCUT2D eigenvalue weighted by molar-refractivity contribution is 0.117. The van der Waals surface area contributed by atoms with E-state index in [9.17, 15) is 5.11 Å². The molecule has 2 rings (SSSR count). The first-order chi connectivity index (χ1) is 6.77. The van der Waals surface area contributed by atoms with Gasteiger partial charge in [-0.05, 0) is 58.0 Å². The van der Waals surface area contributed by atoms with E-state index in [1.165, 1.54) is 45.2 Å². The maximum atomic E-state index is 9.71. The first kappa shape index (κ1) is 10.4. The number of nitrogens with zero attached hydrogens (tertiary/aromatic N) is 1. The van der Waals surface area contributed by atoms with Crippen molar-refractivity contribution in [1.82, 2.24) is 4.90 Å². The summed E-state index contributed by atoms with van der Waals surface area (Å²) < 4.78 is 0. The maximum absolute atomic E-state index is 9.71. The molecular weight excluding hydrogens is 174 g/mol. The zero-order chi connectivity index (χ0) is 9.97. The van der Waals surface area contributed by atoms with Gasteiger partial charge in [0.25, 0.3) is 0 Å². The lowest BCUT2D eigenvalue weighted by Crippen LogP contribution is -2.30. The maximum Gasteiger partial charge on any atom is 0.0568 e. The fraction of sp³-hybridized carbons (Fsp3) is 1.00. The van der Waals surface area contributed by atoms with E-state index in [-0.39, 0.29) is 6.10 Å². The van der Waals surface area contributed by atoms with Crippen molar-refractivity contribution < 1.29 is 5.11 Å². The van der Waals surface area contributed by atoms with Gasteiger partial charge in [0.05, 0.1) is 6.10 Å². The van der Waals surface area contributed by atoms with Crippen LogP contribution in [0.25, 0.3) is 0 Å². The third-order valence-corrected chi connectivity index (χ3v) is 4.10. The van der Waals surface area contributed by atoms with E-state index in [2.05, 4.69) is 11.8 Å². The zero-order valence-corrected chi connectivity index (χ0v) is 9.28. The zero-order valence-electron chi connectivity index (χ0n) is 9.28. The average molecular weight is 197 g/mol. The molecule has 2 heteroatoms. The summed E-state index contributed by atoms with van der Waals surface area (Å²) in [6.07, 6.45) is 7.49. The minimum atomic E-state index is 0.00732. The molecule has 82 valence electrons. The van der Waals surface area contributed by atoms with Crippen molar-refractivity contribution in [3.8, 4) is 0 Å². The summed E-state index contributed by atoms with van der Waals surface area (Å²) in [5, 5.41) is 9.71. The highest BCUT2D eigenvalue weighted by Crippen LogP contribution is 2.29. The largest absolute Gasteiger partial charge is 0.393 e. The molecule has 2 aliphatic rings. The van der Waals surface area contributed by atoms with Crippen molar-refractivity contribution in [2.24, 2.45) is 5.92 Å². The minimum absolute atomic E-state index is 0.00732. The molecule has 1 aliphatic carbocycles. The van der Waals surface area contributed by atoms with Crippen LogP contribution in [0.3, 0.4) is 0 Å². The summed E-state index contributed by atoms with van der Waals surface area (Å²) in [4.78, 5) is 2.59. The molecule has 0 spiro atoms. The van der Waals surface area contributed by atoms with Crippen LogP contribution in [0, 0.1) is 5.92 Å². The highest BCUT2D eigenvalue weighted by atomic mass is 16.3. The van der Waals surface area contributed by atoms with Gasteiger partial charge in [-0.25, -0.2) is 0 Å². The van der Waals surface area contributed by atoms with Gasteiger partial charge in [0, 0.05) is 6.04 Å². The van der Waals surface area contributed by atoms with Gasteiger partial charge in [-0.2, -0.15) is 0 Å². The molecular formula is C12H23NO. The van der Waals surface area contributed by atoms with Crippen LogP contribution in [-0.2, 0) is 0 Å². The van der Waals surface area contributed by atoms with Gasteiger partial charge < -0.3 is 10.0 Å². The second kappa shape index (κ2) is 4.63. The van der Waals surface area contributed by atoms with Crippen molar-refractivity contribution in [2.45, 2.75) is 57.6 Å². The molecule has 3 atom stereocenters. The van der Waals surface area contributed by atoms with Gasteiger partial charge in [-0.3, -0.25) is 0 Å². The molecule has 0 bridgehead atoms. The summed E-state index contributed by atoms with van der Waals surface area (Å²) in [5.41, 5.74) is 0. The van der Waals surface area contributed by atoms with E-state index >= 15 is 0 Å². The monoisotopic (exact) mass is 197 g/mol. The van der Waals surface area contributed by atoms with E-state index in [1.807, 2.05) is 0 Å². The van der Waals surface area contributed by atoms with Crippen molar-refractivity contribution >= 4 is 0 Å². The van der Waals surface area contributed by atoms with Gasteiger partial charge in [0.15, 0.2) is 0 Å². The molecule has 2 nitrogen and oxygen atoms in total. The van der Waals surface area contributed by atoms with Crippen molar-refractivity contribution in [1.29, 1.82) is 0 Å². The van der Waals surface area contributed by atoms with Crippen LogP contribution in [-0.4, -0.2) is 35.2 Å². The molecule has 14 heavy (non-hydrogen) atoms. The Balaban J connectivity index is 1.71. The van der Waals surface area contributed by atoms with Crippen molar-refractivity contribution in [2.75, 3.05) is 13.1 Å². The predicted molar refractivity (Wildman–Crippen MR) is 58.2 cm³/mol. The van der Waals surface area contributed by atoms with E-state index < -0.39 is 0 Å². The number of hydrogen-bond donors (Lipinski definition) is 1. The number of hydrogen-bond acceptors (Lipinski definition) is 2. The van der Waals surface area contributed by atoms with Crippen LogP contribution in [0.4, 0.5) is 0 Å². The van der Waals surface area contributed by atoms with Gasteiger partial charge >= 0.3 is 0 Å². The smallest absolute Gasteiger partial charge is 0.0568 e. The van der Waals surface area contributed by atoms with Gasteiger partial charge in [0.2, 0.25) is 0 Å². The molecule has 0 aromatic carbocycles. The SMILES string of the molecule is CC1CCCN1CCC1CCCC1O. The Bertz CT molecular complexity index is 163. The fourth-order valence-electron chi connectivity index (χ4n) is 3.01. The molecule has 1 aliphatic heterocycles. The van der Waals surface area contributed by atoms with E-state index in [1.54, 1.807) is 0 Å². The second-order valence-electron chi connectivity index (χ2n) is 5.07. The summed E-state index contributed by atoms with van der Waals surface area (Å²) >= 11 is 0. The fourth-order valence-corrected chi connectivity index (χ4v) is 3.01. The summed E-state index contributed by atoms with van der Waals surface area (Å²) in [7, 11) is 0. The number of likely N-dealkylation sites (tertiary alicyclic amines) is 1. The van der Waals surface area contributed by atoms with Crippen LogP contribution in [0.15, 0.2) is 0 Å². The molecule has 2 fully saturated rings. The van der Waals surface area contributed by atoms with Gasteiger partial charge in [-0.1, -0.05) is 6.42 Å². The summed E-state index contributed by atoms with van der Waals surface area (Å²) in [5.74, 6) is 0.600. The quantitative estimate of drug-likeness (QED) is 0.748. The molecule has 1 saturated heterocycles. The Morgan fingerprint density at radius 1 is 1.21 bits per heavy atom. The number of rotatable bonds is 3. The highest BCUT2D eigenvalue weighted by Gasteiger charge is 2.27. The minimum Gasteiger partial charge on any atom is -0.393 e. The van der Waals surface area contributed by atoms with Gasteiger partial charge in [0.1, 0.15) is 0 Å². The molecule has 1 N–H and O–H groups in total. The van der Waals surface area contributed by atoms with Crippen LogP contribution in [0.1, 0.15) is 45.4 Å². The molecule has 0 aromatic heterocycles. The molecule has 0 amide bonds. The lowest BCUT2D eigenvalue weighted by Gasteiger charge is -2.23. The summed E-state index contributed by atoms with van der Waals surface area (Å²) in [6.45, 7) is 4.82. The highest BCUT2D eigenvalue weighted by molar-refractivity contribution is 4.80. The Morgan fingerprint density at radius 3 is 2.64 bits per heavy atom. The standard InChI is InChI=1S/C12H23NO/c1-10-4-3-8-13(10)9-7-11-5-2-6-12(11)14/h10-12,14H,2-9H2,1H3. The molecule has 0 radical (unpaired) electrons. The van der Waals surface area contributed by atoms with Crippen LogP contribution in [0.2, 0.25) is 0 Å². The van der Waals surface area contributed by atoms with E-state index in [4.69, 9.17) is 0 Å². The van der Waals surface area contributed by atoms with Crippen LogP contribution in [0.5, 0.6) is 0 Å². The molecule has 3 unspecified atom stereocenters. The first-order valence-corrected chi connectivity index (χ1v) is 6.19. The van der Waals surface area contributed by atoms with Crippen molar-refractivity contribution in [3.63, 3.8) is 0 Å². The van der Waals surface area contributed by atoms with Crippen LogP contribution >= 0.6 is 0 Å². The van der Waals surface area contributed by atoms with Crippen molar-refractivity contribution in [3.05, 3.63) is 0 Å². The first-order valence-electron chi connectivity index (χ1n) is 6.19. The Morgan fingerprint density at radius 2 is 2.07 bits per heavy atom. The van der Waals surface area contributed by atoms with Crippen LogP contribution < -0.4 is 0 Å². The normalized spacial score (nSPS) is 39.4. The number of aliphatic hydroxyl groups is 1. The summed E-state index contributed by atoms with van der Waals surface area (Å²) in [6, 6.07) is 0.786. The third-order valence-electron chi connectivity index (χ3n) is 4.10. The van der Waals surface area contributed by atoms with Gasteiger partial charge in [-0.15, -0.1) is 0 Å². The van der Waals surface area contributed by atoms with E-state index in [0.717, 1.165) is 12.5 Å². The molecule has 0 aromatic rings. The Hall–Kier alpha value is -0.0800. The molecule has 1 heterocycles. The lowest BCUT2D eigenvalue weighted by atomic mass is 10.0. The average Bonchev–Trinajstić information content (AvgIpc) is 2.72. The molecule has 1 saturated carbocycles. The Kier molecular flexibility index (Phi) is 3.45. The van der Waals surface area contributed by atoms with E-state index in [0.29, 0.717) is 5.92 Å².